The van der Waals surface area contributed by atoms with Gasteiger partial charge in [-0.3, -0.25) is 4.79 Å². The predicted octanol–water partition coefficient (Wildman–Crippen LogP) is 4.41. The lowest BCUT2D eigenvalue weighted by Crippen LogP contribution is -2.23. The average molecular weight is 662 g/mol. The molecule has 2 aliphatic rings. The van der Waals surface area contributed by atoms with Gasteiger partial charge in [0.2, 0.25) is 17.1 Å². The van der Waals surface area contributed by atoms with Gasteiger partial charge in [0.25, 0.3) is 5.91 Å². The molecule has 6 rings (SSSR count). The van der Waals surface area contributed by atoms with E-state index in [-0.39, 0.29) is 23.2 Å². The molecule has 1 aromatic heterocycles. The van der Waals surface area contributed by atoms with Crippen LogP contribution >= 0.6 is 0 Å². The molecular formula is C37H33N4O8+. The van der Waals surface area contributed by atoms with Crippen molar-refractivity contribution >= 4 is 34.5 Å². The molecule has 4 aromatic rings. The van der Waals surface area contributed by atoms with Crippen LogP contribution in [0.5, 0.6) is 11.8 Å². The minimum atomic E-state index is -1.19. The van der Waals surface area contributed by atoms with Gasteiger partial charge in [-0.15, -0.1) is 4.73 Å². The van der Waals surface area contributed by atoms with E-state index in [1.807, 2.05) is 74.1 Å². The van der Waals surface area contributed by atoms with E-state index < -0.39 is 29.6 Å². The fourth-order valence-electron chi connectivity index (χ4n) is 5.47. The third kappa shape index (κ3) is 6.39. The summed E-state index contributed by atoms with van der Waals surface area (Å²) in [6.45, 7) is 0.0926. The SMILES string of the molecule is CN(C)c1ccc2c(-c3ccc(C(=O)NCc4ccc(C(=O)On5c(O)ccc5O)cc4)cc3C(=O)O)c3ccc(=[N+](C)C)cc-3oc2c1. The van der Waals surface area contributed by atoms with Gasteiger partial charge in [-0.2, -0.15) is 0 Å². The molecular weight excluding hydrogens is 628 g/mol. The zero-order valence-electron chi connectivity index (χ0n) is 27.1. The number of amides is 1. The van der Waals surface area contributed by atoms with Crippen LogP contribution < -0.4 is 25.0 Å². The maximum absolute atomic E-state index is 13.2. The first-order chi connectivity index (χ1) is 23.4. The van der Waals surface area contributed by atoms with E-state index in [1.165, 1.54) is 30.3 Å². The highest BCUT2D eigenvalue weighted by molar-refractivity contribution is 6.09. The zero-order chi connectivity index (χ0) is 35.0. The Bertz CT molecular complexity index is 2280. The Morgan fingerprint density at radius 3 is 2.16 bits per heavy atom. The molecule has 0 fully saturated rings. The lowest BCUT2D eigenvalue weighted by atomic mass is 9.89. The van der Waals surface area contributed by atoms with Crippen molar-refractivity contribution in [2.45, 2.75) is 6.54 Å². The van der Waals surface area contributed by atoms with Gasteiger partial charge in [0.15, 0.2) is 0 Å². The number of hydrogen-bond acceptors (Lipinski definition) is 8. The van der Waals surface area contributed by atoms with Crippen LogP contribution in [-0.4, -0.2) is 66.1 Å². The molecule has 4 N–H and O–H groups in total. The first-order valence-corrected chi connectivity index (χ1v) is 15.2. The summed E-state index contributed by atoms with van der Waals surface area (Å²) in [5.41, 5.74) is 4.27. The largest absolute Gasteiger partial charge is 0.492 e. The summed E-state index contributed by atoms with van der Waals surface area (Å²) >= 11 is 0. The minimum absolute atomic E-state index is 0.0440. The number of nitrogens with one attached hydrogen (secondary N) is 1. The second-order valence-electron chi connectivity index (χ2n) is 11.8. The number of benzene rings is 4. The number of fused-ring (bicyclic) bond motifs is 2. The van der Waals surface area contributed by atoms with Crippen molar-refractivity contribution in [3.8, 4) is 34.2 Å². The molecule has 0 unspecified atom stereocenters. The second-order valence-corrected chi connectivity index (χ2v) is 11.8. The second kappa shape index (κ2) is 12.9. The number of carboxylic acids is 1. The highest BCUT2D eigenvalue weighted by Gasteiger charge is 2.24. The number of rotatable bonds is 8. The minimum Gasteiger partial charge on any atom is -0.492 e. The number of aromatic hydroxyl groups is 2. The van der Waals surface area contributed by atoms with Crippen LogP contribution in [0.3, 0.4) is 0 Å². The standard InChI is InChI=1S/C37H32N4O8/c1-39(2)24-10-13-27-30(18-24)48-31-19-25(40(3)4)11-14-28(31)34(27)26-12-9-23(17-29(26)36(45)46)35(44)38-20-21-5-7-22(8-6-21)37(47)49-41-32(42)15-16-33(41)43/h5-19,38H,20H2,1-4H3,(H2,44,45,46)/p+1. The number of aromatic nitrogens is 1. The number of anilines is 1. The van der Waals surface area contributed by atoms with E-state index in [4.69, 9.17) is 9.25 Å². The number of carbonyl (C=O) groups excluding carboxylic acids is 2. The summed E-state index contributed by atoms with van der Waals surface area (Å²) in [5.74, 6) is -2.79. The zero-order valence-corrected chi connectivity index (χ0v) is 27.1. The topological polar surface area (TPSA) is 157 Å². The van der Waals surface area contributed by atoms with E-state index in [1.54, 1.807) is 24.3 Å². The maximum Gasteiger partial charge on any atom is 0.363 e. The molecule has 0 spiro atoms. The summed E-state index contributed by atoms with van der Waals surface area (Å²) in [5, 5.41) is 34.2. The third-order valence-corrected chi connectivity index (χ3v) is 8.12. The van der Waals surface area contributed by atoms with Gasteiger partial charge >= 0.3 is 11.9 Å². The molecule has 1 aliphatic carbocycles. The Morgan fingerprint density at radius 2 is 1.51 bits per heavy atom. The van der Waals surface area contributed by atoms with Crippen LogP contribution in [0.1, 0.15) is 36.6 Å². The molecule has 1 amide bonds. The molecule has 49 heavy (non-hydrogen) atoms. The number of carbonyl (C=O) groups is 3. The molecule has 248 valence electrons. The maximum atomic E-state index is 13.2. The first-order valence-electron chi connectivity index (χ1n) is 15.2. The van der Waals surface area contributed by atoms with Crippen LogP contribution in [0.15, 0.2) is 95.4 Å². The van der Waals surface area contributed by atoms with Crippen molar-refractivity contribution in [3.05, 3.63) is 119 Å². The van der Waals surface area contributed by atoms with Gasteiger partial charge < -0.3 is 34.8 Å². The summed E-state index contributed by atoms with van der Waals surface area (Å²) in [6, 6.07) is 24.6. The Labute approximate surface area is 280 Å². The average Bonchev–Trinajstić information content (AvgIpc) is 3.40. The molecule has 0 atom stereocenters. The highest BCUT2D eigenvalue weighted by atomic mass is 16.7. The molecule has 0 bridgehead atoms. The molecule has 0 saturated heterocycles. The van der Waals surface area contributed by atoms with Crippen molar-refractivity contribution in [3.63, 3.8) is 0 Å². The highest BCUT2D eigenvalue weighted by Crippen LogP contribution is 2.42. The van der Waals surface area contributed by atoms with Gasteiger partial charge in [0.1, 0.15) is 25.4 Å². The van der Waals surface area contributed by atoms with E-state index >= 15 is 0 Å². The number of nitrogens with zero attached hydrogens (tertiary/aromatic N) is 3. The van der Waals surface area contributed by atoms with Gasteiger partial charge in [-0.05, 0) is 53.6 Å². The monoisotopic (exact) mass is 661 g/mol. The molecule has 12 heteroatoms. The summed E-state index contributed by atoms with van der Waals surface area (Å²) in [4.78, 5) is 45.3. The summed E-state index contributed by atoms with van der Waals surface area (Å²) in [7, 11) is 7.71. The van der Waals surface area contributed by atoms with Gasteiger partial charge in [-0.1, -0.05) is 18.2 Å². The van der Waals surface area contributed by atoms with E-state index in [9.17, 15) is 29.7 Å². The Kier molecular flexibility index (Phi) is 8.54. The number of aromatic carboxylic acids is 1. The summed E-state index contributed by atoms with van der Waals surface area (Å²) in [6.07, 6.45) is 0. The van der Waals surface area contributed by atoms with E-state index in [0.717, 1.165) is 22.0 Å². The van der Waals surface area contributed by atoms with Crippen molar-refractivity contribution in [2.24, 2.45) is 0 Å². The smallest absolute Gasteiger partial charge is 0.363 e. The van der Waals surface area contributed by atoms with Crippen molar-refractivity contribution < 1.29 is 39.0 Å². The molecule has 0 saturated carbocycles. The molecule has 1 aliphatic heterocycles. The van der Waals surface area contributed by atoms with Crippen molar-refractivity contribution in [2.75, 3.05) is 33.1 Å². The van der Waals surface area contributed by atoms with Crippen LogP contribution in [0.2, 0.25) is 0 Å². The number of hydrogen-bond donors (Lipinski definition) is 4. The van der Waals surface area contributed by atoms with E-state index in [2.05, 4.69) is 5.32 Å². The quantitative estimate of drug-likeness (QED) is 0.137. The van der Waals surface area contributed by atoms with Crippen LogP contribution in [0, 0.1) is 0 Å². The first kappa shape index (κ1) is 32.4. The Morgan fingerprint density at radius 1 is 0.837 bits per heavy atom. The normalized spacial score (nSPS) is 11.0. The van der Waals surface area contributed by atoms with Gasteiger partial charge in [-0.25, -0.2) is 14.2 Å². The fourth-order valence-corrected chi connectivity index (χ4v) is 5.47. The van der Waals surface area contributed by atoms with Crippen LogP contribution in [0.25, 0.3) is 33.4 Å². The van der Waals surface area contributed by atoms with Crippen LogP contribution in [0.4, 0.5) is 5.69 Å². The van der Waals surface area contributed by atoms with Crippen molar-refractivity contribution in [1.82, 2.24) is 14.6 Å². The van der Waals surface area contributed by atoms with Crippen molar-refractivity contribution in [1.29, 1.82) is 0 Å². The third-order valence-electron chi connectivity index (χ3n) is 8.12. The lowest BCUT2D eigenvalue weighted by molar-refractivity contribution is 0.0381. The van der Waals surface area contributed by atoms with Crippen LogP contribution in [-0.2, 0) is 6.54 Å². The Balaban J connectivity index is 1.29. The number of carboxylic acid groups (broad SMARTS) is 1. The Hall–Kier alpha value is -6.56. The van der Waals surface area contributed by atoms with E-state index in [0.29, 0.717) is 32.8 Å². The fraction of sp³-hybridized carbons (Fsp3) is 0.135. The molecule has 12 nitrogen and oxygen atoms in total. The summed E-state index contributed by atoms with van der Waals surface area (Å²) < 4.78 is 8.91. The lowest BCUT2D eigenvalue weighted by Gasteiger charge is -2.19. The molecule has 2 heterocycles. The van der Waals surface area contributed by atoms with Gasteiger partial charge in [0.05, 0.1) is 17.2 Å². The molecule has 3 aromatic carbocycles. The molecule has 0 radical (unpaired) electrons. The predicted molar refractivity (Wildman–Crippen MR) is 183 cm³/mol. The van der Waals surface area contributed by atoms with Gasteiger partial charge in [0, 0.05) is 72.7 Å².